The molecule has 5 nitrogen and oxygen atoms in total. The molecule has 1 aromatic heterocycles. The molecule has 0 spiro atoms. The van der Waals surface area contributed by atoms with Gasteiger partial charge in [0.05, 0.1) is 19.1 Å². The van der Waals surface area contributed by atoms with Gasteiger partial charge in [0.1, 0.15) is 11.4 Å². The standard InChI is InChI=1S/C10H8F5NO4/c1-19-9-4(2-7(17)18)6(20-10(13,14)15)3-5(16-9)8(11)12/h3,8H,2H2,1H3,(H,17,18). The maximum Gasteiger partial charge on any atom is 0.573 e. The van der Waals surface area contributed by atoms with Crippen molar-refractivity contribution in [2.24, 2.45) is 0 Å². The minimum Gasteiger partial charge on any atom is -0.481 e. The molecule has 0 unspecified atom stereocenters. The van der Waals surface area contributed by atoms with Crippen molar-refractivity contribution in [3.8, 4) is 11.6 Å². The van der Waals surface area contributed by atoms with E-state index < -0.39 is 48.1 Å². The molecule has 1 N–H and O–H groups in total. The van der Waals surface area contributed by atoms with Crippen molar-refractivity contribution >= 4 is 5.97 Å². The molecule has 0 bridgehead atoms. The van der Waals surface area contributed by atoms with Crippen molar-refractivity contribution in [1.82, 2.24) is 4.98 Å². The summed E-state index contributed by atoms with van der Waals surface area (Å²) in [5.41, 5.74) is -1.60. The van der Waals surface area contributed by atoms with Gasteiger partial charge in [-0.15, -0.1) is 13.2 Å². The summed E-state index contributed by atoms with van der Waals surface area (Å²) in [7, 11) is 0.959. The number of pyridine rings is 1. The van der Waals surface area contributed by atoms with Gasteiger partial charge in [0.2, 0.25) is 5.88 Å². The van der Waals surface area contributed by atoms with Crippen LogP contribution < -0.4 is 9.47 Å². The van der Waals surface area contributed by atoms with E-state index in [0.717, 1.165) is 7.11 Å². The van der Waals surface area contributed by atoms with E-state index >= 15 is 0 Å². The van der Waals surface area contributed by atoms with E-state index in [0.29, 0.717) is 6.07 Å². The molecule has 1 aromatic rings. The highest BCUT2D eigenvalue weighted by molar-refractivity contribution is 5.72. The number of hydrogen-bond acceptors (Lipinski definition) is 4. The third kappa shape index (κ3) is 4.21. The normalized spacial score (nSPS) is 11.6. The summed E-state index contributed by atoms with van der Waals surface area (Å²) in [6.45, 7) is 0. The monoisotopic (exact) mass is 301 g/mol. The van der Waals surface area contributed by atoms with Gasteiger partial charge in [-0.25, -0.2) is 13.8 Å². The number of hydrogen-bond donors (Lipinski definition) is 1. The molecule has 0 aliphatic heterocycles. The smallest absolute Gasteiger partial charge is 0.481 e. The topological polar surface area (TPSA) is 68.7 Å². The number of nitrogens with zero attached hydrogens (tertiary/aromatic N) is 1. The highest BCUT2D eigenvalue weighted by atomic mass is 19.4. The van der Waals surface area contributed by atoms with Crippen LogP contribution in [0.5, 0.6) is 11.6 Å². The summed E-state index contributed by atoms with van der Waals surface area (Å²) in [6.07, 6.45) is -9.26. The van der Waals surface area contributed by atoms with E-state index in [4.69, 9.17) is 5.11 Å². The molecule has 1 rings (SSSR count). The highest BCUT2D eigenvalue weighted by Crippen LogP contribution is 2.35. The Morgan fingerprint density at radius 1 is 1.45 bits per heavy atom. The van der Waals surface area contributed by atoms with Crippen LogP contribution in [-0.2, 0) is 11.2 Å². The van der Waals surface area contributed by atoms with Crippen LogP contribution >= 0.6 is 0 Å². The quantitative estimate of drug-likeness (QED) is 0.846. The van der Waals surface area contributed by atoms with Crippen LogP contribution in [0.4, 0.5) is 22.0 Å². The number of carbonyl (C=O) groups is 1. The van der Waals surface area contributed by atoms with Crippen molar-refractivity contribution in [2.75, 3.05) is 7.11 Å². The number of aliphatic carboxylic acids is 1. The average molecular weight is 301 g/mol. The molecule has 0 atom stereocenters. The minimum atomic E-state index is -5.17. The van der Waals surface area contributed by atoms with Crippen LogP contribution in [0.1, 0.15) is 17.7 Å². The van der Waals surface area contributed by atoms with Crippen molar-refractivity contribution in [3.05, 3.63) is 17.3 Å². The van der Waals surface area contributed by atoms with E-state index in [9.17, 15) is 26.7 Å². The predicted molar refractivity (Wildman–Crippen MR) is 53.8 cm³/mol. The number of carboxylic acids is 1. The van der Waals surface area contributed by atoms with E-state index in [1.165, 1.54) is 0 Å². The molecule has 0 aliphatic carbocycles. The second kappa shape index (κ2) is 5.88. The van der Waals surface area contributed by atoms with Crippen LogP contribution in [0.15, 0.2) is 6.07 Å². The maximum absolute atomic E-state index is 12.5. The van der Waals surface area contributed by atoms with Crippen molar-refractivity contribution in [3.63, 3.8) is 0 Å². The Hall–Kier alpha value is -2.13. The maximum atomic E-state index is 12.5. The average Bonchev–Trinajstić information content (AvgIpc) is 2.28. The van der Waals surface area contributed by atoms with E-state index in [-0.39, 0.29) is 0 Å². The van der Waals surface area contributed by atoms with Crippen molar-refractivity contribution < 1.29 is 41.3 Å². The number of methoxy groups -OCH3 is 1. The number of rotatable bonds is 5. The molecule has 0 aliphatic rings. The lowest BCUT2D eigenvalue weighted by Gasteiger charge is -2.16. The zero-order valence-electron chi connectivity index (χ0n) is 9.87. The Kier molecular flexibility index (Phi) is 4.69. The Balaban J connectivity index is 3.39. The first-order chi connectivity index (χ1) is 9.14. The van der Waals surface area contributed by atoms with Gasteiger partial charge in [-0.05, 0) is 0 Å². The van der Waals surface area contributed by atoms with Crippen molar-refractivity contribution in [2.45, 2.75) is 19.2 Å². The lowest BCUT2D eigenvalue weighted by atomic mass is 10.1. The molecule has 0 amide bonds. The van der Waals surface area contributed by atoms with Gasteiger partial charge in [-0.1, -0.05) is 0 Å². The molecule has 112 valence electrons. The lowest BCUT2D eigenvalue weighted by molar-refractivity contribution is -0.275. The van der Waals surface area contributed by atoms with Gasteiger partial charge >= 0.3 is 12.3 Å². The highest BCUT2D eigenvalue weighted by Gasteiger charge is 2.34. The fourth-order valence-electron chi connectivity index (χ4n) is 1.35. The third-order valence-electron chi connectivity index (χ3n) is 2.04. The molecule has 20 heavy (non-hydrogen) atoms. The number of aromatic nitrogens is 1. The summed E-state index contributed by atoms with van der Waals surface area (Å²) in [5, 5.41) is 8.62. The van der Waals surface area contributed by atoms with Gasteiger partial charge < -0.3 is 14.6 Å². The predicted octanol–water partition coefficient (Wildman–Crippen LogP) is 2.55. The Bertz CT molecular complexity index is 503. The molecule has 0 saturated carbocycles. The fraction of sp³-hybridized carbons (Fsp3) is 0.400. The first kappa shape index (κ1) is 15.9. The van der Waals surface area contributed by atoms with E-state index in [2.05, 4.69) is 14.5 Å². The largest absolute Gasteiger partial charge is 0.573 e. The van der Waals surface area contributed by atoms with Crippen LogP contribution in [-0.4, -0.2) is 29.5 Å². The molecule has 0 aromatic carbocycles. The summed E-state index contributed by atoms with van der Waals surface area (Å²) in [4.78, 5) is 13.9. The van der Waals surface area contributed by atoms with E-state index in [1.807, 2.05) is 0 Å². The second-order valence-electron chi connectivity index (χ2n) is 3.45. The Morgan fingerprint density at radius 3 is 2.45 bits per heavy atom. The first-order valence-corrected chi connectivity index (χ1v) is 4.97. The van der Waals surface area contributed by atoms with Gasteiger partial charge in [0, 0.05) is 6.07 Å². The lowest BCUT2D eigenvalue weighted by Crippen LogP contribution is -2.20. The zero-order valence-corrected chi connectivity index (χ0v) is 9.87. The molecule has 0 fully saturated rings. The second-order valence-corrected chi connectivity index (χ2v) is 3.45. The number of ether oxygens (including phenoxy) is 2. The van der Waals surface area contributed by atoms with Gasteiger partial charge in [0.25, 0.3) is 6.43 Å². The van der Waals surface area contributed by atoms with Gasteiger partial charge in [-0.2, -0.15) is 0 Å². The third-order valence-corrected chi connectivity index (χ3v) is 2.04. The summed E-state index contributed by atoms with van der Waals surface area (Å²) in [5.74, 6) is -3.24. The first-order valence-electron chi connectivity index (χ1n) is 4.97. The van der Waals surface area contributed by atoms with Crippen molar-refractivity contribution in [1.29, 1.82) is 0 Å². The van der Waals surface area contributed by atoms with Crippen LogP contribution in [0.2, 0.25) is 0 Å². The summed E-state index contributed by atoms with van der Waals surface area (Å²) in [6, 6.07) is 0.332. The zero-order chi connectivity index (χ0) is 15.5. The van der Waals surface area contributed by atoms with Crippen LogP contribution in [0, 0.1) is 0 Å². The SMILES string of the molecule is COc1nc(C(F)F)cc(OC(F)(F)F)c1CC(=O)O. The summed E-state index contributed by atoms with van der Waals surface area (Å²) >= 11 is 0. The van der Waals surface area contributed by atoms with Gasteiger partial charge in [-0.3, -0.25) is 4.79 Å². The molecular weight excluding hydrogens is 293 g/mol. The fourth-order valence-corrected chi connectivity index (χ4v) is 1.35. The molecule has 10 heteroatoms. The van der Waals surface area contributed by atoms with Crippen LogP contribution in [0.3, 0.4) is 0 Å². The number of carboxylic acid groups (broad SMARTS) is 1. The van der Waals surface area contributed by atoms with Gasteiger partial charge in [0.15, 0.2) is 0 Å². The number of halogens is 5. The molecule has 0 saturated heterocycles. The van der Waals surface area contributed by atoms with Crippen LogP contribution in [0.25, 0.3) is 0 Å². The Labute approximate surface area is 108 Å². The van der Waals surface area contributed by atoms with E-state index in [1.54, 1.807) is 0 Å². The summed E-state index contributed by atoms with van der Waals surface area (Å²) < 4.78 is 69.8. The molecule has 1 heterocycles. The Morgan fingerprint density at radius 2 is 2.05 bits per heavy atom. The number of alkyl halides is 5. The molecular formula is C10H8F5NO4. The minimum absolute atomic E-state index is 0.332. The molecule has 0 radical (unpaired) electrons.